The molecule has 1 fully saturated rings. The van der Waals surface area contributed by atoms with Gasteiger partial charge in [0.05, 0.1) is 5.69 Å². The molecule has 1 aliphatic heterocycles. The summed E-state index contributed by atoms with van der Waals surface area (Å²) in [6, 6.07) is 1.10. The van der Waals surface area contributed by atoms with Gasteiger partial charge in [0.1, 0.15) is 16.5 Å². The van der Waals surface area contributed by atoms with E-state index in [9.17, 15) is 17.2 Å². The normalized spacial score (nSPS) is 20.9. The Morgan fingerprint density at radius 1 is 1.33 bits per heavy atom. The van der Waals surface area contributed by atoms with Gasteiger partial charge in [-0.15, -0.1) is 0 Å². The number of benzene rings is 1. The molecular weight excluding hydrogens is 300 g/mol. The fourth-order valence-electron chi connectivity index (χ4n) is 2.53. The van der Waals surface area contributed by atoms with Crippen LogP contribution in [0.1, 0.15) is 12.8 Å². The summed E-state index contributed by atoms with van der Waals surface area (Å²) < 4.78 is 53.2. The number of nitrogens with zero attached hydrogens (tertiary/aromatic N) is 2. The molecule has 0 bridgehead atoms. The van der Waals surface area contributed by atoms with E-state index in [4.69, 9.17) is 5.73 Å². The molecule has 1 saturated heterocycles. The molecule has 2 N–H and O–H groups in total. The van der Waals surface area contributed by atoms with Gasteiger partial charge < -0.3 is 10.6 Å². The highest BCUT2D eigenvalue weighted by molar-refractivity contribution is 7.89. The Bertz CT molecular complexity index is 637. The summed E-state index contributed by atoms with van der Waals surface area (Å²) >= 11 is 0. The second-order valence-electron chi connectivity index (χ2n) is 5.38. The molecule has 21 heavy (non-hydrogen) atoms. The van der Waals surface area contributed by atoms with Crippen LogP contribution in [0.4, 0.5) is 14.5 Å². The molecule has 1 aromatic carbocycles. The van der Waals surface area contributed by atoms with Gasteiger partial charge in [-0.2, -0.15) is 4.31 Å². The van der Waals surface area contributed by atoms with Crippen molar-refractivity contribution in [1.82, 2.24) is 9.21 Å². The van der Waals surface area contributed by atoms with Crippen LogP contribution in [0.15, 0.2) is 17.0 Å². The molecule has 0 spiro atoms. The maximum atomic E-state index is 13.8. The third-order valence-electron chi connectivity index (χ3n) is 3.82. The lowest BCUT2D eigenvalue weighted by Gasteiger charge is -2.35. The predicted octanol–water partition coefficient (Wildman–Crippen LogP) is 1.26. The Kier molecular flexibility index (Phi) is 4.50. The Balaban J connectivity index is 2.35. The van der Waals surface area contributed by atoms with Gasteiger partial charge in [0, 0.05) is 25.7 Å². The molecule has 8 heteroatoms. The van der Waals surface area contributed by atoms with Gasteiger partial charge in [0.2, 0.25) is 10.0 Å². The molecular formula is C13H19F2N3O2S. The molecule has 0 aromatic heterocycles. The van der Waals surface area contributed by atoms with E-state index < -0.39 is 26.6 Å². The maximum absolute atomic E-state index is 13.8. The topological polar surface area (TPSA) is 66.6 Å². The summed E-state index contributed by atoms with van der Waals surface area (Å²) in [5, 5.41) is 0. The van der Waals surface area contributed by atoms with Gasteiger partial charge in [0.15, 0.2) is 0 Å². The number of halogens is 2. The van der Waals surface area contributed by atoms with Gasteiger partial charge in [-0.3, -0.25) is 0 Å². The van der Waals surface area contributed by atoms with Gasteiger partial charge in [0.25, 0.3) is 0 Å². The predicted molar refractivity (Wildman–Crippen MR) is 76.2 cm³/mol. The molecule has 1 heterocycles. The van der Waals surface area contributed by atoms with E-state index in [0.717, 1.165) is 23.3 Å². The Hall–Kier alpha value is -1.25. The van der Waals surface area contributed by atoms with E-state index in [1.54, 1.807) is 0 Å². The number of rotatable bonds is 3. The lowest BCUT2D eigenvalue weighted by atomic mass is 10.1. The average Bonchev–Trinajstić information content (AvgIpc) is 2.41. The zero-order valence-corrected chi connectivity index (χ0v) is 12.8. The molecule has 1 atom stereocenters. The van der Waals surface area contributed by atoms with Crippen molar-refractivity contribution >= 4 is 15.7 Å². The number of anilines is 1. The Labute approximate surface area is 123 Å². The number of nitrogen functional groups attached to an aromatic ring is 1. The van der Waals surface area contributed by atoms with Crippen molar-refractivity contribution < 1.29 is 17.2 Å². The van der Waals surface area contributed by atoms with Gasteiger partial charge in [-0.1, -0.05) is 0 Å². The first kappa shape index (κ1) is 16.1. The fraction of sp³-hybridized carbons (Fsp3) is 0.538. The molecule has 118 valence electrons. The van der Waals surface area contributed by atoms with Crippen LogP contribution in [0.5, 0.6) is 0 Å². The third kappa shape index (κ3) is 3.17. The van der Waals surface area contributed by atoms with Crippen LogP contribution in [0.3, 0.4) is 0 Å². The van der Waals surface area contributed by atoms with Crippen LogP contribution in [0.2, 0.25) is 0 Å². The van der Waals surface area contributed by atoms with Gasteiger partial charge >= 0.3 is 0 Å². The highest BCUT2D eigenvalue weighted by Gasteiger charge is 2.32. The number of likely N-dealkylation sites (tertiary alicyclic amines) is 1. The minimum atomic E-state index is -4.05. The van der Waals surface area contributed by atoms with Crippen molar-refractivity contribution in [3.8, 4) is 0 Å². The lowest BCUT2D eigenvalue weighted by Crippen LogP contribution is -2.47. The summed E-state index contributed by atoms with van der Waals surface area (Å²) in [7, 11) is -0.726. The quantitative estimate of drug-likeness (QED) is 0.852. The average molecular weight is 319 g/mol. The van der Waals surface area contributed by atoms with Crippen molar-refractivity contribution in [2.45, 2.75) is 23.8 Å². The van der Waals surface area contributed by atoms with Gasteiger partial charge in [-0.25, -0.2) is 17.2 Å². The minimum absolute atomic E-state index is 0.237. The fourth-order valence-corrected chi connectivity index (χ4v) is 3.99. The summed E-state index contributed by atoms with van der Waals surface area (Å²) in [6.07, 6.45) is 1.58. The monoisotopic (exact) mass is 319 g/mol. The van der Waals surface area contributed by atoms with Crippen LogP contribution >= 0.6 is 0 Å². The van der Waals surface area contributed by atoms with Crippen LogP contribution < -0.4 is 5.73 Å². The number of nitrogens with two attached hydrogens (primary N) is 1. The Morgan fingerprint density at radius 3 is 2.62 bits per heavy atom. The number of sulfonamides is 1. The lowest BCUT2D eigenvalue weighted by molar-refractivity contribution is 0.187. The Morgan fingerprint density at radius 2 is 2.00 bits per heavy atom. The summed E-state index contributed by atoms with van der Waals surface area (Å²) in [5.41, 5.74) is 4.97. The van der Waals surface area contributed by atoms with Crippen LogP contribution in [0.25, 0.3) is 0 Å². The van der Waals surface area contributed by atoms with E-state index in [1.807, 2.05) is 11.9 Å². The first-order valence-electron chi connectivity index (χ1n) is 6.64. The van der Waals surface area contributed by atoms with Crippen molar-refractivity contribution in [2.75, 3.05) is 32.9 Å². The SMILES string of the molecule is CN1CCCC(N(C)S(=O)(=O)c2cc(N)c(F)cc2F)C1. The molecule has 2 rings (SSSR count). The molecule has 5 nitrogen and oxygen atoms in total. The molecule has 1 aliphatic rings. The second kappa shape index (κ2) is 5.86. The largest absolute Gasteiger partial charge is 0.396 e. The minimum Gasteiger partial charge on any atom is -0.396 e. The van der Waals surface area contributed by atoms with E-state index in [0.29, 0.717) is 19.0 Å². The van der Waals surface area contributed by atoms with Crippen molar-refractivity contribution in [3.05, 3.63) is 23.8 Å². The highest BCUT2D eigenvalue weighted by atomic mass is 32.2. The number of hydrogen-bond acceptors (Lipinski definition) is 4. The first-order chi connectivity index (χ1) is 9.73. The smallest absolute Gasteiger partial charge is 0.246 e. The first-order valence-corrected chi connectivity index (χ1v) is 8.08. The van der Waals surface area contributed by atoms with Gasteiger partial charge in [-0.05, 0) is 32.5 Å². The van der Waals surface area contributed by atoms with Crippen molar-refractivity contribution in [3.63, 3.8) is 0 Å². The van der Waals surface area contributed by atoms with E-state index >= 15 is 0 Å². The zero-order valence-electron chi connectivity index (χ0n) is 12.0. The van der Waals surface area contributed by atoms with Crippen LogP contribution in [-0.2, 0) is 10.0 Å². The molecule has 0 amide bonds. The number of hydrogen-bond donors (Lipinski definition) is 1. The summed E-state index contributed by atoms with van der Waals surface area (Å²) in [5.74, 6) is -2.09. The van der Waals surface area contributed by atoms with E-state index in [1.165, 1.54) is 7.05 Å². The summed E-state index contributed by atoms with van der Waals surface area (Å²) in [4.78, 5) is 1.44. The van der Waals surface area contributed by atoms with Crippen LogP contribution in [-0.4, -0.2) is 50.8 Å². The third-order valence-corrected chi connectivity index (χ3v) is 5.75. The molecule has 1 aromatic rings. The van der Waals surface area contributed by atoms with Crippen molar-refractivity contribution in [1.29, 1.82) is 0 Å². The van der Waals surface area contributed by atoms with E-state index in [2.05, 4.69) is 0 Å². The number of likely N-dealkylation sites (N-methyl/N-ethyl adjacent to an activating group) is 2. The molecule has 0 radical (unpaired) electrons. The summed E-state index contributed by atoms with van der Waals surface area (Å²) in [6.45, 7) is 1.48. The molecule has 0 aliphatic carbocycles. The molecule has 0 saturated carbocycles. The zero-order chi connectivity index (χ0) is 15.8. The second-order valence-corrected chi connectivity index (χ2v) is 7.35. The molecule has 1 unspecified atom stereocenters. The van der Waals surface area contributed by atoms with E-state index in [-0.39, 0.29) is 11.7 Å². The van der Waals surface area contributed by atoms with Crippen molar-refractivity contribution in [2.24, 2.45) is 0 Å². The number of piperidine rings is 1. The van der Waals surface area contributed by atoms with Crippen LogP contribution in [0, 0.1) is 11.6 Å². The standard InChI is InChI=1S/C13H19F2N3O2S/c1-17-5-3-4-9(8-17)18(2)21(19,20)13-7-12(16)10(14)6-11(13)15/h6-7,9H,3-5,8,16H2,1-2H3. The highest BCUT2D eigenvalue weighted by Crippen LogP contribution is 2.26. The maximum Gasteiger partial charge on any atom is 0.246 e.